The minimum atomic E-state index is -0.442. The zero-order valence-electron chi connectivity index (χ0n) is 12.6. The first-order valence-corrected chi connectivity index (χ1v) is 6.74. The molecule has 4 N–H and O–H groups in total. The van der Waals surface area contributed by atoms with Gasteiger partial charge in [-0.2, -0.15) is 0 Å². The first-order valence-electron chi connectivity index (χ1n) is 6.74. The third-order valence-electron chi connectivity index (χ3n) is 3.32. The Balaban J connectivity index is 2.45. The third-order valence-corrected chi connectivity index (χ3v) is 3.32. The summed E-state index contributed by atoms with van der Waals surface area (Å²) < 4.78 is 6.05. The van der Waals surface area contributed by atoms with Crippen molar-refractivity contribution in [2.24, 2.45) is 5.73 Å². The molecule has 20 heavy (non-hydrogen) atoms. The van der Waals surface area contributed by atoms with Crippen LogP contribution in [0.2, 0.25) is 0 Å². The molecule has 1 saturated heterocycles. The molecule has 1 fully saturated rings. The summed E-state index contributed by atoms with van der Waals surface area (Å²) in [6.07, 6.45) is 0. The van der Waals surface area contributed by atoms with Crippen molar-refractivity contribution in [3.05, 3.63) is 23.8 Å². The number of nitrogens with zero attached hydrogens (tertiary/aromatic N) is 1. The van der Waals surface area contributed by atoms with Crippen LogP contribution in [0.4, 0.5) is 11.4 Å². The molecule has 5 nitrogen and oxygen atoms in total. The van der Waals surface area contributed by atoms with E-state index in [2.05, 4.69) is 4.90 Å². The zero-order chi connectivity index (χ0) is 15.1. The van der Waals surface area contributed by atoms with Crippen LogP contribution in [0, 0.1) is 0 Å². The highest BCUT2D eigenvalue weighted by Crippen LogP contribution is 2.33. The van der Waals surface area contributed by atoms with Crippen molar-refractivity contribution in [3.63, 3.8) is 0 Å². The monoisotopic (exact) mass is 277 g/mol. The van der Waals surface area contributed by atoms with Crippen molar-refractivity contribution in [1.29, 1.82) is 0 Å². The fourth-order valence-electron chi connectivity index (χ4n) is 2.98. The minimum absolute atomic E-state index is 0.304. The van der Waals surface area contributed by atoms with E-state index in [9.17, 15) is 4.79 Å². The summed E-state index contributed by atoms with van der Waals surface area (Å²) in [5, 5.41) is 0. The second-order valence-electron chi connectivity index (χ2n) is 6.62. The van der Waals surface area contributed by atoms with Crippen LogP contribution in [0.25, 0.3) is 0 Å². The third kappa shape index (κ3) is 3.04. The van der Waals surface area contributed by atoms with Crippen molar-refractivity contribution in [1.82, 2.24) is 0 Å². The molecule has 110 valence electrons. The van der Waals surface area contributed by atoms with E-state index in [-0.39, 0.29) is 11.2 Å². The van der Waals surface area contributed by atoms with E-state index in [1.807, 2.05) is 27.7 Å². The van der Waals surface area contributed by atoms with E-state index < -0.39 is 5.91 Å². The molecule has 0 bridgehead atoms. The molecule has 1 aromatic rings. The lowest BCUT2D eigenvalue weighted by Gasteiger charge is -2.48. The molecule has 0 aromatic heterocycles. The van der Waals surface area contributed by atoms with Gasteiger partial charge in [-0.1, -0.05) is 0 Å². The molecule has 0 radical (unpaired) electrons. The van der Waals surface area contributed by atoms with Crippen LogP contribution >= 0.6 is 0 Å². The largest absolute Gasteiger partial charge is 0.399 e. The van der Waals surface area contributed by atoms with Crippen LogP contribution in [-0.4, -0.2) is 30.2 Å². The van der Waals surface area contributed by atoms with Gasteiger partial charge in [-0.15, -0.1) is 0 Å². The average Bonchev–Trinajstić information content (AvgIpc) is 2.24. The van der Waals surface area contributed by atoms with Gasteiger partial charge < -0.3 is 21.1 Å². The topological polar surface area (TPSA) is 81.6 Å². The number of ether oxygens (including phenoxy) is 1. The number of morpholine rings is 1. The summed E-state index contributed by atoms with van der Waals surface area (Å²) in [6, 6.07) is 5.18. The van der Waals surface area contributed by atoms with Crippen LogP contribution in [0.15, 0.2) is 18.2 Å². The van der Waals surface area contributed by atoms with Crippen molar-refractivity contribution in [2.75, 3.05) is 23.7 Å². The fourth-order valence-corrected chi connectivity index (χ4v) is 2.98. The highest BCUT2D eigenvalue weighted by atomic mass is 16.5. The number of carbonyl (C=O) groups excluding carboxylic acids is 1. The van der Waals surface area contributed by atoms with Gasteiger partial charge in [0.05, 0.1) is 22.5 Å². The number of primary amides is 1. The highest BCUT2D eigenvalue weighted by molar-refractivity contribution is 5.99. The van der Waals surface area contributed by atoms with Crippen LogP contribution in [0.3, 0.4) is 0 Å². The van der Waals surface area contributed by atoms with E-state index in [4.69, 9.17) is 16.2 Å². The molecular weight excluding hydrogens is 254 g/mol. The Labute approximate surface area is 119 Å². The summed E-state index contributed by atoms with van der Waals surface area (Å²) in [5.74, 6) is -0.442. The van der Waals surface area contributed by atoms with E-state index in [0.29, 0.717) is 24.3 Å². The number of hydrogen-bond donors (Lipinski definition) is 2. The number of rotatable bonds is 2. The van der Waals surface area contributed by atoms with Crippen LogP contribution in [0.5, 0.6) is 0 Å². The molecule has 0 aliphatic carbocycles. The van der Waals surface area contributed by atoms with Gasteiger partial charge >= 0.3 is 0 Å². The summed E-state index contributed by atoms with van der Waals surface area (Å²) >= 11 is 0. The van der Waals surface area contributed by atoms with Crippen LogP contribution in [0.1, 0.15) is 38.1 Å². The van der Waals surface area contributed by atoms with Crippen LogP contribution < -0.4 is 16.4 Å². The summed E-state index contributed by atoms with van der Waals surface area (Å²) in [7, 11) is 0. The molecule has 1 amide bonds. The Bertz CT molecular complexity index is 522. The minimum Gasteiger partial charge on any atom is -0.399 e. The predicted octanol–water partition coefficient (Wildman–Crippen LogP) is 1.76. The van der Waals surface area contributed by atoms with E-state index >= 15 is 0 Å². The molecule has 0 saturated carbocycles. The number of nitrogen functional groups attached to an aromatic ring is 1. The number of nitrogens with two attached hydrogens (primary N) is 2. The second kappa shape index (κ2) is 4.66. The Kier molecular flexibility index (Phi) is 3.42. The number of carbonyl (C=O) groups is 1. The standard InChI is InChI=1S/C15H23N3O2/c1-14(2)8-18(9-15(3,4)20-14)12-7-10(16)5-6-11(12)13(17)19/h5-7H,8-9,16H2,1-4H3,(H2,17,19). The number of anilines is 2. The first kappa shape index (κ1) is 14.7. The molecule has 1 heterocycles. The van der Waals surface area contributed by atoms with Gasteiger partial charge in [0.25, 0.3) is 5.91 Å². The summed E-state index contributed by atoms with van der Waals surface area (Å²) in [5.41, 5.74) is 12.6. The van der Waals surface area contributed by atoms with Gasteiger partial charge in [0.2, 0.25) is 0 Å². The van der Waals surface area contributed by atoms with Crippen molar-refractivity contribution in [3.8, 4) is 0 Å². The zero-order valence-corrected chi connectivity index (χ0v) is 12.6. The van der Waals surface area contributed by atoms with E-state index in [1.165, 1.54) is 0 Å². The summed E-state index contributed by atoms with van der Waals surface area (Å²) in [4.78, 5) is 13.7. The molecular formula is C15H23N3O2. The fraction of sp³-hybridized carbons (Fsp3) is 0.533. The molecule has 5 heteroatoms. The maximum absolute atomic E-state index is 11.6. The normalized spacial score (nSPS) is 20.7. The lowest BCUT2D eigenvalue weighted by atomic mass is 9.97. The number of benzene rings is 1. The molecule has 2 rings (SSSR count). The summed E-state index contributed by atoms with van der Waals surface area (Å²) in [6.45, 7) is 9.52. The number of amides is 1. The molecule has 0 spiro atoms. The van der Waals surface area contributed by atoms with Crippen molar-refractivity contribution >= 4 is 17.3 Å². The Hall–Kier alpha value is -1.75. The van der Waals surface area contributed by atoms with Gasteiger partial charge in [-0.25, -0.2) is 0 Å². The van der Waals surface area contributed by atoms with E-state index in [0.717, 1.165) is 5.69 Å². The Morgan fingerprint density at radius 2 is 1.75 bits per heavy atom. The molecule has 1 aliphatic rings. The Morgan fingerprint density at radius 3 is 2.25 bits per heavy atom. The number of hydrogen-bond acceptors (Lipinski definition) is 4. The van der Waals surface area contributed by atoms with Gasteiger partial charge in [0, 0.05) is 18.8 Å². The molecule has 1 aliphatic heterocycles. The molecule has 0 atom stereocenters. The maximum atomic E-state index is 11.6. The van der Waals surface area contributed by atoms with Gasteiger partial charge in [-0.05, 0) is 45.9 Å². The van der Waals surface area contributed by atoms with Gasteiger partial charge in [-0.3, -0.25) is 4.79 Å². The second-order valence-corrected chi connectivity index (χ2v) is 6.62. The Morgan fingerprint density at radius 1 is 1.20 bits per heavy atom. The van der Waals surface area contributed by atoms with Gasteiger partial charge in [0.15, 0.2) is 0 Å². The lowest BCUT2D eigenvalue weighted by molar-refractivity contribution is -0.133. The molecule has 1 aromatic carbocycles. The first-order chi connectivity index (χ1) is 9.10. The SMILES string of the molecule is CC1(C)CN(c2cc(N)ccc2C(N)=O)CC(C)(C)O1. The average molecular weight is 277 g/mol. The van der Waals surface area contributed by atoms with E-state index in [1.54, 1.807) is 18.2 Å². The quantitative estimate of drug-likeness (QED) is 0.807. The van der Waals surface area contributed by atoms with Gasteiger partial charge in [0.1, 0.15) is 0 Å². The van der Waals surface area contributed by atoms with Crippen LogP contribution in [-0.2, 0) is 4.74 Å². The highest BCUT2D eigenvalue weighted by Gasteiger charge is 2.39. The molecule has 0 unspecified atom stereocenters. The van der Waals surface area contributed by atoms with Crippen molar-refractivity contribution in [2.45, 2.75) is 38.9 Å². The smallest absolute Gasteiger partial charge is 0.250 e. The van der Waals surface area contributed by atoms with Crippen molar-refractivity contribution < 1.29 is 9.53 Å². The predicted molar refractivity (Wildman–Crippen MR) is 80.8 cm³/mol. The maximum Gasteiger partial charge on any atom is 0.250 e. The lowest BCUT2D eigenvalue weighted by Crippen LogP contribution is -2.57.